The Labute approximate surface area is 49.3 Å². The maximum absolute atomic E-state index is 4.97. The Hall–Kier alpha value is 0.700. The number of hydrogen-bond acceptors (Lipinski definition) is 4. The van der Waals surface area contributed by atoms with Gasteiger partial charge in [0.15, 0.2) is 17.4 Å². The molecule has 0 aliphatic carbocycles. The molecule has 2 fully saturated rings. The van der Waals surface area contributed by atoms with Gasteiger partial charge in [-0.25, -0.2) is 0 Å². The largest absolute Gasteiger partial charge is 0.432 e. The fourth-order valence-electron chi connectivity index (χ4n) is 0.506. The molecule has 8 heavy (non-hydrogen) atoms. The van der Waals surface area contributed by atoms with Crippen molar-refractivity contribution in [3.8, 4) is 0 Å². The van der Waals surface area contributed by atoms with Crippen molar-refractivity contribution in [1.29, 1.82) is 0 Å². The molecule has 0 aromatic rings. The van der Waals surface area contributed by atoms with Gasteiger partial charge in [0, 0.05) is 6.66 Å². The van der Waals surface area contributed by atoms with Crippen molar-refractivity contribution in [3.05, 3.63) is 0 Å². The van der Waals surface area contributed by atoms with E-state index in [9.17, 15) is 0 Å². The van der Waals surface area contributed by atoms with Crippen LogP contribution < -0.4 is 0 Å². The summed E-state index contributed by atoms with van der Waals surface area (Å²) in [7, 11) is -0.625. The summed E-state index contributed by atoms with van der Waals surface area (Å²) in [6.07, 6.45) is -1.04. The minimum absolute atomic E-state index is 0.0805. The van der Waals surface area contributed by atoms with Gasteiger partial charge in [0.05, 0.1) is 0 Å². The Balaban J connectivity index is 1.92. The zero-order chi connectivity index (χ0) is 5.61. The van der Waals surface area contributed by atoms with Crippen molar-refractivity contribution >= 4 is 17.4 Å². The third-order valence-electron chi connectivity index (χ3n) is 0.814. The monoisotopic (exact) mass is 154 g/mol. The third kappa shape index (κ3) is 0.623. The molecular weight excluding hydrogens is 150 g/mol. The van der Waals surface area contributed by atoms with Gasteiger partial charge in [-0.3, -0.25) is 18.1 Å². The minimum atomic E-state index is -1.04. The second kappa shape index (κ2) is 1.60. The first-order chi connectivity index (χ1) is 3.81. The van der Waals surface area contributed by atoms with Crippen LogP contribution in [0.3, 0.4) is 0 Å². The molecule has 0 saturated carbocycles. The second-order valence-electron chi connectivity index (χ2n) is 1.41. The van der Waals surface area contributed by atoms with Gasteiger partial charge in [0.25, 0.3) is 0 Å². The van der Waals surface area contributed by atoms with Crippen LogP contribution in [-0.2, 0) is 18.1 Å². The van der Waals surface area contributed by atoms with Gasteiger partial charge in [0.2, 0.25) is 0 Å². The Morgan fingerprint density at radius 2 is 2.00 bits per heavy atom. The normalized spacial score (nSPS) is 55.9. The van der Waals surface area contributed by atoms with E-state index in [1.807, 2.05) is 6.66 Å². The third-order valence-corrected chi connectivity index (χ3v) is 2.44. The standard InChI is InChI=1S/C2H4O4P2/c1-8-5-2(6-8)3-7-4-2/h7H,1H3. The molecule has 46 valence electrons. The lowest BCUT2D eigenvalue weighted by Gasteiger charge is -2.46. The summed E-state index contributed by atoms with van der Waals surface area (Å²) in [5.74, 6) is 0. The van der Waals surface area contributed by atoms with Crippen LogP contribution in [0, 0.1) is 0 Å². The number of rotatable bonds is 0. The van der Waals surface area contributed by atoms with Crippen LogP contribution in [0.25, 0.3) is 0 Å². The van der Waals surface area contributed by atoms with Crippen LogP contribution in [0.1, 0.15) is 0 Å². The molecule has 0 aromatic carbocycles. The van der Waals surface area contributed by atoms with Crippen molar-refractivity contribution in [2.45, 2.75) is 6.16 Å². The van der Waals surface area contributed by atoms with Crippen LogP contribution in [0.15, 0.2) is 0 Å². The molecule has 0 radical (unpaired) electrons. The van der Waals surface area contributed by atoms with Gasteiger partial charge >= 0.3 is 6.16 Å². The van der Waals surface area contributed by atoms with Crippen molar-refractivity contribution in [1.82, 2.24) is 0 Å². The van der Waals surface area contributed by atoms with Gasteiger partial charge < -0.3 is 0 Å². The molecule has 2 aliphatic rings. The van der Waals surface area contributed by atoms with Gasteiger partial charge in [0.1, 0.15) is 0 Å². The van der Waals surface area contributed by atoms with E-state index < -0.39 is 14.5 Å². The van der Waals surface area contributed by atoms with Crippen LogP contribution >= 0.6 is 17.4 Å². The summed E-state index contributed by atoms with van der Waals surface area (Å²) in [6.45, 7) is 1.84. The maximum atomic E-state index is 4.97. The van der Waals surface area contributed by atoms with Crippen molar-refractivity contribution in [2.75, 3.05) is 6.66 Å². The van der Waals surface area contributed by atoms with Crippen LogP contribution in [0.2, 0.25) is 0 Å². The summed E-state index contributed by atoms with van der Waals surface area (Å²) in [5.41, 5.74) is 0. The average molecular weight is 154 g/mol. The highest BCUT2D eigenvalue weighted by atomic mass is 31.2. The minimum Gasteiger partial charge on any atom is -0.254 e. The predicted molar refractivity (Wildman–Crippen MR) is 28.2 cm³/mol. The Bertz CT molecular complexity index is 105. The highest BCUT2D eigenvalue weighted by molar-refractivity contribution is 7.47. The summed E-state index contributed by atoms with van der Waals surface area (Å²) in [4.78, 5) is 0. The molecule has 0 unspecified atom stereocenters. The molecule has 2 saturated heterocycles. The zero-order valence-electron chi connectivity index (χ0n) is 4.08. The van der Waals surface area contributed by atoms with E-state index in [1.165, 1.54) is 0 Å². The van der Waals surface area contributed by atoms with Crippen molar-refractivity contribution in [2.24, 2.45) is 0 Å². The summed E-state index contributed by atoms with van der Waals surface area (Å²) in [5, 5.41) is 0. The smallest absolute Gasteiger partial charge is 0.254 e. The fraction of sp³-hybridized carbons (Fsp3) is 1.00. The lowest BCUT2D eigenvalue weighted by Crippen LogP contribution is -2.47. The summed E-state index contributed by atoms with van der Waals surface area (Å²) in [6, 6.07) is 0. The van der Waals surface area contributed by atoms with Crippen molar-refractivity contribution in [3.63, 3.8) is 0 Å². The first-order valence-corrected chi connectivity index (χ1v) is 4.48. The molecule has 2 heterocycles. The topological polar surface area (TPSA) is 36.9 Å². The quantitative estimate of drug-likeness (QED) is 0.490. The maximum Gasteiger partial charge on any atom is 0.432 e. The molecule has 2 aliphatic heterocycles. The first-order valence-electron chi connectivity index (χ1n) is 2.04. The molecule has 0 bridgehead atoms. The van der Waals surface area contributed by atoms with E-state index in [-0.39, 0.29) is 9.03 Å². The zero-order valence-corrected chi connectivity index (χ0v) is 5.97. The molecule has 0 amide bonds. The Morgan fingerprint density at radius 1 is 1.38 bits per heavy atom. The molecule has 6 heteroatoms. The van der Waals surface area contributed by atoms with E-state index in [0.29, 0.717) is 0 Å². The second-order valence-corrected chi connectivity index (χ2v) is 3.23. The molecule has 0 N–H and O–H groups in total. The van der Waals surface area contributed by atoms with Gasteiger partial charge in [-0.2, -0.15) is 0 Å². The van der Waals surface area contributed by atoms with E-state index in [1.54, 1.807) is 0 Å². The molecule has 2 rings (SSSR count). The predicted octanol–water partition coefficient (Wildman–Crippen LogP) is 1.14. The van der Waals surface area contributed by atoms with E-state index in [4.69, 9.17) is 18.1 Å². The van der Waals surface area contributed by atoms with E-state index in [2.05, 4.69) is 0 Å². The van der Waals surface area contributed by atoms with Crippen LogP contribution in [0.4, 0.5) is 0 Å². The summed E-state index contributed by atoms with van der Waals surface area (Å²) >= 11 is 0. The highest BCUT2D eigenvalue weighted by Gasteiger charge is 2.56. The Kier molecular flexibility index (Phi) is 1.10. The molecule has 0 aromatic heterocycles. The van der Waals surface area contributed by atoms with Crippen LogP contribution in [0.5, 0.6) is 0 Å². The van der Waals surface area contributed by atoms with E-state index >= 15 is 0 Å². The lowest BCUT2D eigenvalue weighted by atomic mass is 11.2. The Morgan fingerprint density at radius 3 is 2.12 bits per heavy atom. The molecule has 0 atom stereocenters. The average Bonchev–Trinajstić information content (AvgIpc) is 1.51. The fourth-order valence-corrected chi connectivity index (χ4v) is 1.97. The number of hydrogen-bond donors (Lipinski definition) is 0. The molecular formula is C2H4O4P2. The summed E-state index contributed by atoms with van der Waals surface area (Å²) < 4.78 is 19.5. The van der Waals surface area contributed by atoms with E-state index in [0.717, 1.165) is 0 Å². The van der Waals surface area contributed by atoms with Crippen molar-refractivity contribution < 1.29 is 18.1 Å². The lowest BCUT2D eigenvalue weighted by molar-refractivity contribution is -0.448. The SMILES string of the molecule is CP1OC2(OPO2)O1. The molecule has 1 spiro atoms. The van der Waals surface area contributed by atoms with Gasteiger partial charge in [-0.15, -0.1) is 0 Å². The van der Waals surface area contributed by atoms with Gasteiger partial charge in [-0.05, 0) is 0 Å². The molecule has 4 nitrogen and oxygen atoms in total. The first kappa shape index (κ1) is 5.48. The van der Waals surface area contributed by atoms with Crippen LogP contribution in [-0.4, -0.2) is 12.8 Å². The highest BCUT2D eigenvalue weighted by Crippen LogP contribution is 2.63. The van der Waals surface area contributed by atoms with Gasteiger partial charge in [-0.1, -0.05) is 0 Å².